The number of aromatic nitrogens is 3. The lowest BCUT2D eigenvalue weighted by Crippen LogP contribution is -2.19. The summed E-state index contributed by atoms with van der Waals surface area (Å²) in [5.41, 5.74) is 8.89. The van der Waals surface area contributed by atoms with Crippen LogP contribution in [0.1, 0.15) is 17.0 Å². The van der Waals surface area contributed by atoms with Gasteiger partial charge in [0.05, 0.1) is 5.92 Å². The van der Waals surface area contributed by atoms with Crippen molar-refractivity contribution >= 4 is 27.1 Å². The van der Waals surface area contributed by atoms with Gasteiger partial charge in [-0.15, -0.1) is 0 Å². The first-order valence-corrected chi connectivity index (χ1v) is 17.3. The summed E-state index contributed by atoms with van der Waals surface area (Å²) < 4.78 is 6.29. The van der Waals surface area contributed by atoms with Crippen LogP contribution >= 0.6 is 0 Å². The van der Waals surface area contributed by atoms with Crippen molar-refractivity contribution in [2.45, 2.75) is 12.0 Å². The minimum Gasteiger partial charge on any atom is -0.485 e. The van der Waals surface area contributed by atoms with Gasteiger partial charge in [0.1, 0.15) is 11.9 Å². The first-order valence-electron chi connectivity index (χ1n) is 17.3. The Bertz CT molecular complexity index is 2680. The van der Waals surface area contributed by atoms with Crippen LogP contribution in [-0.2, 0) is 0 Å². The molecule has 0 saturated heterocycles. The minimum absolute atomic E-state index is 0.0206. The van der Waals surface area contributed by atoms with Gasteiger partial charge in [0.15, 0.2) is 17.5 Å². The minimum atomic E-state index is 0.0206. The van der Waals surface area contributed by atoms with Crippen LogP contribution in [-0.4, -0.2) is 21.1 Å². The Kier molecular flexibility index (Phi) is 6.91. The molecule has 2 atom stereocenters. The molecule has 1 aliphatic heterocycles. The van der Waals surface area contributed by atoms with Crippen LogP contribution in [0.2, 0.25) is 0 Å². The van der Waals surface area contributed by atoms with Crippen molar-refractivity contribution in [2.24, 2.45) is 0 Å². The number of para-hydroxylation sites is 1. The van der Waals surface area contributed by atoms with E-state index in [9.17, 15) is 0 Å². The van der Waals surface area contributed by atoms with Gasteiger partial charge in [0.2, 0.25) is 0 Å². The molecule has 10 rings (SSSR count). The molecule has 0 bridgehead atoms. The highest BCUT2D eigenvalue weighted by Crippen LogP contribution is 2.48. The van der Waals surface area contributed by atoms with E-state index in [0.717, 1.165) is 38.8 Å². The molecule has 0 amide bonds. The van der Waals surface area contributed by atoms with Crippen LogP contribution in [0.4, 0.5) is 0 Å². The number of nitrogens with zero attached hydrogens (tertiary/aromatic N) is 3. The molecular weight excluding hydrogens is 623 g/mol. The Labute approximate surface area is 296 Å². The second-order valence-corrected chi connectivity index (χ2v) is 13.2. The Morgan fingerprint density at radius 1 is 0.412 bits per heavy atom. The summed E-state index contributed by atoms with van der Waals surface area (Å²) in [4.78, 5) is 15.0. The second-order valence-electron chi connectivity index (χ2n) is 13.2. The van der Waals surface area contributed by atoms with E-state index in [-0.39, 0.29) is 12.0 Å². The van der Waals surface area contributed by atoms with Crippen LogP contribution in [0.5, 0.6) is 5.75 Å². The highest BCUT2D eigenvalue weighted by Gasteiger charge is 2.36. The maximum Gasteiger partial charge on any atom is 0.164 e. The Hall–Kier alpha value is -6.65. The van der Waals surface area contributed by atoms with E-state index in [1.54, 1.807) is 0 Å². The van der Waals surface area contributed by atoms with Gasteiger partial charge < -0.3 is 4.74 Å². The summed E-state index contributed by atoms with van der Waals surface area (Å²) in [5, 5.41) is 4.76. The Balaban J connectivity index is 1.01. The third kappa shape index (κ3) is 5.29. The van der Waals surface area contributed by atoms with E-state index in [0.29, 0.717) is 17.5 Å². The number of ether oxygens (including phenoxy) is 1. The molecule has 1 aromatic heterocycles. The molecule has 51 heavy (non-hydrogen) atoms. The first-order chi connectivity index (χ1) is 25.2. The molecule has 0 saturated carbocycles. The number of hydrogen-bond acceptors (Lipinski definition) is 4. The summed E-state index contributed by atoms with van der Waals surface area (Å²) in [7, 11) is 0. The Morgan fingerprint density at radius 3 is 1.75 bits per heavy atom. The predicted octanol–water partition coefficient (Wildman–Crippen LogP) is 11.3. The van der Waals surface area contributed by atoms with Crippen molar-refractivity contribution in [2.75, 3.05) is 0 Å². The van der Waals surface area contributed by atoms with Gasteiger partial charge in [0, 0.05) is 22.3 Å². The molecule has 2 aliphatic rings. The molecular formula is C47H31N3O. The van der Waals surface area contributed by atoms with Crippen molar-refractivity contribution in [1.82, 2.24) is 15.0 Å². The molecule has 0 N–H and O–H groups in total. The summed E-state index contributed by atoms with van der Waals surface area (Å²) in [6.07, 6.45) is 6.53. The number of allylic oxidation sites excluding steroid dienone is 2. The summed E-state index contributed by atoms with van der Waals surface area (Å²) in [6, 6.07) is 55.3. The van der Waals surface area contributed by atoms with E-state index in [4.69, 9.17) is 19.7 Å². The fourth-order valence-electron chi connectivity index (χ4n) is 7.47. The van der Waals surface area contributed by atoms with Crippen molar-refractivity contribution in [3.05, 3.63) is 187 Å². The zero-order valence-electron chi connectivity index (χ0n) is 27.6. The van der Waals surface area contributed by atoms with E-state index in [1.165, 1.54) is 33.0 Å². The molecule has 7 aromatic carbocycles. The lowest BCUT2D eigenvalue weighted by Gasteiger charge is -2.23. The Morgan fingerprint density at radius 2 is 0.941 bits per heavy atom. The maximum absolute atomic E-state index is 6.29. The molecule has 0 spiro atoms. The molecule has 8 aromatic rings. The lowest BCUT2D eigenvalue weighted by molar-refractivity contribution is 0.271. The fourth-order valence-corrected chi connectivity index (χ4v) is 7.47. The van der Waals surface area contributed by atoms with Crippen LogP contribution in [0.15, 0.2) is 176 Å². The summed E-state index contributed by atoms with van der Waals surface area (Å²) >= 11 is 0. The van der Waals surface area contributed by atoms with Crippen LogP contribution in [0, 0.1) is 0 Å². The fraction of sp³-hybridized carbons (Fsp3) is 0.0426. The zero-order valence-corrected chi connectivity index (χ0v) is 27.6. The average Bonchev–Trinajstić information content (AvgIpc) is 3.60. The average molecular weight is 654 g/mol. The standard InChI is InChI=1S/C47H31N3O/c1-2-10-32(11-3-1)45-48-46(33-20-17-31(18-21-33)35-22-19-30-9-4-5-12-34(30)27-35)50-47(49-45)39-26-24-36-28-38(25-23-37(36)29-39)40-14-8-16-43-44(40)41-13-6-7-15-42(41)51-43/h1-29,43-44H. The number of rotatable bonds is 5. The van der Waals surface area contributed by atoms with Gasteiger partial charge in [-0.25, -0.2) is 15.0 Å². The van der Waals surface area contributed by atoms with Crippen molar-refractivity contribution in [3.8, 4) is 51.0 Å². The van der Waals surface area contributed by atoms with Gasteiger partial charge in [-0.2, -0.15) is 0 Å². The van der Waals surface area contributed by atoms with Crippen molar-refractivity contribution in [1.29, 1.82) is 0 Å². The van der Waals surface area contributed by atoms with Gasteiger partial charge in [-0.1, -0.05) is 146 Å². The molecule has 4 nitrogen and oxygen atoms in total. The SMILES string of the molecule is C1=CC2Oc3ccccc3C2C(c2ccc3cc(-c4nc(-c5ccccc5)nc(-c5ccc(-c6ccc7ccccc7c6)cc5)n4)ccc3c2)=C1. The predicted molar refractivity (Wildman–Crippen MR) is 207 cm³/mol. The number of benzene rings is 7. The summed E-state index contributed by atoms with van der Waals surface area (Å²) in [5.74, 6) is 3.10. The van der Waals surface area contributed by atoms with Gasteiger partial charge in [0.25, 0.3) is 0 Å². The molecule has 2 unspecified atom stereocenters. The molecule has 2 heterocycles. The number of hydrogen-bond donors (Lipinski definition) is 0. The quantitative estimate of drug-likeness (QED) is 0.185. The van der Waals surface area contributed by atoms with E-state index >= 15 is 0 Å². The van der Waals surface area contributed by atoms with Gasteiger partial charge in [-0.05, 0) is 74.1 Å². The molecule has 240 valence electrons. The van der Waals surface area contributed by atoms with Crippen molar-refractivity contribution in [3.63, 3.8) is 0 Å². The monoisotopic (exact) mass is 653 g/mol. The third-order valence-corrected chi connectivity index (χ3v) is 10.1. The van der Waals surface area contributed by atoms with E-state index < -0.39 is 0 Å². The first kappa shape index (κ1) is 29.3. The second kappa shape index (κ2) is 12.0. The molecule has 4 heteroatoms. The smallest absolute Gasteiger partial charge is 0.164 e. The topological polar surface area (TPSA) is 47.9 Å². The van der Waals surface area contributed by atoms with Gasteiger partial charge >= 0.3 is 0 Å². The van der Waals surface area contributed by atoms with Gasteiger partial charge in [-0.3, -0.25) is 0 Å². The van der Waals surface area contributed by atoms with E-state index in [2.05, 4.69) is 140 Å². The molecule has 1 aliphatic carbocycles. The third-order valence-electron chi connectivity index (χ3n) is 10.1. The van der Waals surface area contributed by atoms with Crippen LogP contribution in [0.3, 0.4) is 0 Å². The van der Waals surface area contributed by atoms with Crippen LogP contribution < -0.4 is 4.74 Å². The number of fused-ring (bicyclic) bond motifs is 5. The molecule has 0 radical (unpaired) electrons. The highest BCUT2D eigenvalue weighted by molar-refractivity contribution is 5.91. The van der Waals surface area contributed by atoms with Crippen molar-refractivity contribution < 1.29 is 4.74 Å². The largest absolute Gasteiger partial charge is 0.485 e. The van der Waals surface area contributed by atoms with Crippen LogP contribution in [0.25, 0.3) is 72.4 Å². The maximum atomic E-state index is 6.29. The molecule has 0 fully saturated rings. The zero-order chi connectivity index (χ0) is 33.7. The summed E-state index contributed by atoms with van der Waals surface area (Å²) in [6.45, 7) is 0. The lowest BCUT2D eigenvalue weighted by atomic mass is 9.81. The highest BCUT2D eigenvalue weighted by atomic mass is 16.5. The van der Waals surface area contributed by atoms with E-state index in [1.807, 2.05) is 36.4 Å². The normalized spacial score (nSPS) is 16.0.